The largest absolute Gasteiger partial charge is 0.412 e. The summed E-state index contributed by atoms with van der Waals surface area (Å²) in [5, 5.41) is 0. The van der Waals surface area contributed by atoms with Crippen LogP contribution in [0.3, 0.4) is 0 Å². The molecule has 0 heterocycles. The van der Waals surface area contributed by atoms with Crippen molar-refractivity contribution in [3.05, 3.63) is 47.1 Å². The standard InChI is InChI=1S/C34H62OSi.C11H18/c1-10-36(11-2,12-3)35-33(7,8)21-13-15-28(6)31-19-20-32-30(16-14-22-34(31,32)9)18-17-29-24-26(4)23-27(5)25-29;1-5-11-6-8(2)10(4)9(3)7-11/h17-18,26-28,31-32H,10-16,19-25H2,1-9H3;5,8-9H,4,6-7H2,1-3H3/b30-18+;/t26-,27-,28-,31?,32?,34+;8-,9-/m01/s1. The summed E-state index contributed by atoms with van der Waals surface area (Å²) in [6.45, 7) is 32.8. The summed E-state index contributed by atoms with van der Waals surface area (Å²) in [6, 6.07) is 3.77. The van der Waals surface area contributed by atoms with Crippen molar-refractivity contribution in [2.24, 2.45) is 46.8 Å². The van der Waals surface area contributed by atoms with Crippen LogP contribution in [0.25, 0.3) is 0 Å². The fourth-order valence-electron chi connectivity index (χ4n) is 10.9. The summed E-state index contributed by atoms with van der Waals surface area (Å²) in [5.41, 5.74) is 7.13. The van der Waals surface area contributed by atoms with E-state index in [1.165, 1.54) is 107 Å². The lowest BCUT2D eigenvalue weighted by Gasteiger charge is -2.44. The van der Waals surface area contributed by atoms with E-state index >= 15 is 0 Å². The molecule has 270 valence electrons. The summed E-state index contributed by atoms with van der Waals surface area (Å²) in [6.07, 6.45) is 25.0. The number of hydrogen-bond acceptors (Lipinski definition) is 1. The van der Waals surface area contributed by atoms with Crippen LogP contribution < -0.4 is 0 Å². The number of allylic oxidation sites excluding steroid dienone is 7. The summed E-state index contributed by atoms with van der Waals surface area (Å²) < 4.78 is 6.92. The maximum absolute atomic E-state index is 6.92. The fourth-order valence-corrected chi connectivity index (χ4v) is 14.1. The highest BCUT2D eigenvalue weighted by Gasteiger charge is 2.50. The molecule has 4 fully saturated rings. The molecule has 0 aromatic rings. The van der Waals surface area contributed by atoms with Gasteiger partial charge in [-0.15, -0.1) is 0 Å². The van der Waals surface area contributed by atoms with Gasteiger partial charge in [-0.25, -0.2) is 0 Å². The SMILES string of the molecule is C=C1[C@H](C)CC(=CC)C[C@H]1C.CC[Si](CC)(CC)OC(C)(C)CCC[C@H](C)C1CCC2/C(=C/C=C3C[C@@H](C)C[C@H](C)C3)CCC[C@@]21C. The summed E-state index contributed by atoms with van der Waals surface area (Å²) in [4.78, 5) is 0. The Labute approximate surface area is 296 Å². The predicted molar refractivity (Wildman–Crippen MR) is 212 cm³/mol. The Morgan fingerprint density at radius 3 is 2.06 bits per heavy atom. The molecule has 47 heavy (non-hydrogen) atoms. The Morgan fingerprint density at radius 1 is 0.915 bits per heavy atom. The Morgan fingerprint density at radius 2 is 1.51 bits per heavy atom. The Balaban J connectivity index is 0.000000461. The molecule has 0 spiro atoms. The van der Waals surface area contributed by atoms with Crippen LogP contribution in [0.2, 0.25) is 18.1 Å². The lowest BCUT2D eigenvalue weighted by molar-refractivity contribution is 0.0704. The molecule has 2 unspecified atom stereocenters. The first kappa shape index (κ1) is 40.6. The Bertz CT molecular complexity index is 1050. The molecule has 0 saturated heterocycles. The second-order valence-corrected chi connectivity index (χ2v) is 22.9. The van der Waals surface area contributed by atoms with Gasteiger partial charge in [-0.05, 0) is 156 Å². The van der Waals surface area contributed by atoms with E-state index in [0.29, 0.717) is 17.3 Å². The van der Waals surface area contributed by atoms with E-state index in [2.05, 4.69) is 108 Å². The van der Waals surface area contributed by atoms with Gasteiger partial charge in [0.15, 0.2) is 8.32 Å². The molecule has 1 nitrogen and oxygen atoms in total. The quantitative estimate of drug-likeness (QED) is 0.158. The third kappa shape index (κ3) is 10.8. The summed E-state index contributed by atoms with van der Waals surface area (Å²) >= 11 is 0. The second kappa shape index (κ2) is 17.9. The van der Waals surface area contributed by atoms with Crippen LogP contribution in [-0.4, -0.2) is 13.9 Å². The molecule has 0 bridgehead atoms. The van der Waals surface area contributed by atoms with E-state index < -0.39 is 8.32 Å². The van der Waals surface area contributed by atoms with Crippen molar-refractivity contribution in [1.29, 1.82) is 0 Å². The van der Waals surface area contributed by atoms with E-state index in [1.54, 1.807) is 16.7 Å². The third-order valence-electron chi connectivity index (χ3n) is 14.0. The van der Waals surface area contributed by atoms with Gasteiger partial charge >= 0.3 is 0 Å². The van der Waals surface area contributed by atoms with Gasteiger partial charge in [0, 0.05) is 0 Å². The molecule has 4 aliphatic rings. The minimum Gasteiger partial charge on any atom is -0.412 e. The maximum atomic E-state index is 6.92. The molecule has 0 aliphatic heterocycles. The van der Waals surface area contributed by atoms with Crippen LogP contribution >= 0.6 is 0 Å². The summed E-state index contributed by atoms with van der Waals surface area (Å²) in [5.74, 6) is 5.69. The van der Waals surface area contributed by atoms with Crippen LogP contribution in [0.5, 0.6) is 0 Å². The number of fused-ring (bicyclic) bond motifs is 1. The van der Waals surface area contributed by atoms with Gasteiger partial charge in [-0.2, -0.15) is 0 Å². The lowest BCUT2D eigenvalue weighted by atomic mass is 9.60. The first-order chi connectivity index (χ1) is 22.1. The molecule has 4 rings (SSSR count). The zero-order valence-electron chi connectivity index (χ0n) is 33.7. The smallest absolute Gasteiger partial charge is 0.192 e. The molecule has 0 N–H and O–H groups in total. The van der Waals surface area contributed by atoms with Crippen LogP contribution in [0.15, 0.2) is 47.1 Å². The average Bonchev–Trinajstić information content (AvgIpc) is 3.38. The zero-order chi connectivity index (χ0) is 35.0. The first-order valence-electron chi connectivity index (χ1n) is 20.5. The van der Waals surface area contributed by atoms with Crippen molar-refractivity contribution in [2.45, 2.75) is 190 Å². The fraction of sp³-hybridized carbons (Fsp3) is 0.822. The van der Waals surface area contributed by atoms with Crippen molar-refractivity contribution < 1.29 is 4.43 Å². The van der Waals surface area contributed by atoms with Gasteiger partial charge in [0.05, 0.1) is 5.60 Å². The first-order valence-corrected chi connectivity index (χ1v) is 23.1. The highest BCUT2D eigenvalue weighted by Crippen LogP contribution is 2.60. The van der Waals surface area contributed by atoms with Gasteiger partial charge < -0.3 is 4.43 Å². The molecule has 8 atom stereocenters. The Kier molecular flexibility index (Phi) is 15.4. The number of hydrogen-bond donors (Lipinski definition) is 0. The number of rotatable bonds is 11. The second-order valence-electron chi connectivity index (χ2n) is 18.2. The van der Waals surface area contributed by atoms with Gasteiger partial charge in [0.25, 0.3) is 0 Å². The van der Waals surface area contributed by atoms with Crippen LogP contribution in [-0.2, 0) is 4.43 Å². The van der Waals surface area contributed by atoms with Crippen molar-refractivity contribution in [2.75, 3.05) is 0 Å². The van der Waals surface area contributed by atoms with E-state index in [9.17, 15) is 0 Å². The van der Waals surface area contributed by atoms with Gasteiger partial charge in [0.1, 0.15) is 0 Å². The highest BCUT2D eigenvalue weighted by atomic mass is 28.4. The van der Waals surface area contributed by atoms with Crippen molar-refractivity contribution >= 4 is 8.32 Å². The molecule has 4 saturated carbocycles. The van der Waals surface area contributed by atoms with E-state index in [-0.39, 0.29) is 5.60 Å². The van der Waals surface area contributed by atoms with Crippen molar-refractivity contribution in [3.63, 3.8) is 0 Å². The third-order valence-corrected chi connectivity index (χ3v) is 18.8. The summed E-state index contributed by atoms with van der Waals surface area (Å²) in [7, 11) is -1.54. The van der Waals surface area contributed by atoms with E-state index in [1.807, 2.05) is 0 Å². The van der Waals surface area contributed by atoms with E-state index in [0.717, 1.165) is 29.6 Å². The maximum Gasteiger partial charge on any atom is 0.192 e. The van der Waals surface area contributed by atoms with Crippen molar-refractivity contribution in [3.8, 4) is 0 Å². The predicted octanol–water partition coefficient (Wildman–Crippen LogP) is 14.7. The molecular formula is C45H80OSi. The molecule has 0 amide bonds. The lowest BCUT2D eigenvalue weighted by Crippen LogP contribution is -2.44. The highest BCUT2D eigenvalue weighted by molar-refractivity contribution is 6.73. The van der Waals surface area contributed by atoms with Crippen molar-refractivity contribution in [1.82, 2.24) is 0 Å². The molecular weight excluding hydrogens is 585 g/mol. The normalized spacial score (nSPS) is 33.3. The van der Waals surface area contributed by atoms with Crippen LogP contribution in [0.1, 0.15) is 167 Å². The zero-order valence-corrected chi connectivity index (χ0v) is 34.7. The molecule has 0 radical (unpaired) electrons. The molecule has 4 aliphatic carbocycles. The minimum atomic E-state index is -1.54. The minimum absolute atomic E-state index is 0.0401. The van der Waals surface area contributed by atoms with Gasteiger partial charge in [-0.3, -0.25) is 0 Å². The average molecular weight is 665 g/mol. The van der Waals surface area contributed by atoms with Crippen LogP contribution in [0, 0.1) is 46.8 Å². The molecule has 2 heteroatoms. The monoisotopic (exact) mass is 665 g/mol. The molecule has 0 aromatic carbocycles. The van der Waals surface area contributed by atoms with Gasteiger partial charge in [0.2, 0.25) is 0 Å². The topological polar surface area (TPSA) is 9.23 Å². The van der Waals surface area contributed by atoms with Crippen LogP contribution in [0.4, 0.5) is 0 Å². The molecule has 0 aromatic heterocycles. The van der Waals surface area contributed by atoms with E-state index in [4.69, 9.17) is 4.43 Å². The Hall–Kier alpha value is -0.863. The van der Waals surface area contributed by atoms with Gasteiger partial charge in [-0.1, -0.05) is 122 Å².